The van der Waals surface area contributed by atoms with Gasteiger partial charge in [-0.1, -0.05) is 11.6 Å². The maximum atomic E-state index is 13.0. The zero-order valence-electron chi connectivity index (χ0n) is 11.4. The number of tetrazole rings is 1. The summed E-state index contributed by atoms with van der Waals surface area (Å²) >= 11 is 6.14. The highest BCUT2D eigenvalue weighted by Crippen LogP contribution is 2.43. The van der Waals surface area contributed by atoms with Gasteiger partial charge in [0.15, 0.2) is 0 Å². The van der Waals surface area contributed by atoms with E-state index in [1.165, 1.54) is 0 Å². The number of hydrogen-bond acceptors (Lipinski definition) is 3. The molecule has 1 aliphatic carbocycles. The topological polar surface area (TPSA) is 59.4 Å². The first kappa shape index (κ1) is 13.6. The van der Waals surface area contributed by atoms with Crippen LogP contribution in [0.2, 0.25) is 5.02 Å². The number of fused-ring (bicyclic) bond motifs is 1. The van der Waals surface area contributed by atoms with Gasteiger partial charge >= 0.3 is 0 Å². The maximum Gasteiger partial charge on any atom is 0.248 e. The van der Waals surface area contributed by atoms with Gasteiger partial charge in [-0.2, -0.15) is 5.21 Å². The molecule has 1 N–H and O–H groups in total. The van der Waals surface area contributed by atoms with Crippen molar-refractivity contribution in [2.45, 2.75) is 25.3 Å². The molecule has 114 valence electrons. The number of nitrogens with one attached hydrogen (secondary N) is 1. The number of alkyl halides is 2. The molecular formula is C14H12ClF2N5. The highest BCUT2D eigenvalue weighted by molar-refractivity contribution is 6.31. The van der Waals surface area contributed by atoms with Crippen molar-refractivity contribution >= 4 is 22.5 Å². The summed E-state index contributed by atoms with van der Waals surface area (Å²) in [6.07, 6.45) is 1.77. The van der Waals surface area contributed by atoms with Crippen LogP contribution in [0.15, 0.2) is 24.4 Å². The summed E-state index contributed by atoms with van der Waals surface area (Å²) in [4.78, 5) is 0. The van der Waals surface area contributed by atoms with E-state index in [-0.39, 0.29) is 18.8 Å². The van der Waals surface area contributed by atoms with Crippen molar-refractivity contribution in [1.82, 2.24) is 25.2 Å². The van der Waals surface area contributed by atoms with E-state index >= 15 is 0 Å². The van der Waals surface area contributed by atoms with E-state index in [9.17, 15) is 8.78 Å². The van der Waals surface area contributed by atoms with Crippen LogP contribution in [0.1, 0.15) is 12.8 Å². The van der Waals surface area contributed by atoms with E-state index < -0.39 is 5.92 Å². The minimum absolute atomic E-state index is 0.0144. The van der Waals surface area contributed by atoms with Gasteiger partial charge in [0, 0.05) is 41.6 Å². The molecule has 22 heavy (non-hydrogen) atoms. The standard InChI is InChI=1S/C14H12ClF2N5/c15-10-3-9-1-2-22(7-8-5-14(16,17)6-8)12(9)11(4-10)13-18-20-21-19-13/h1-4,8H,5-7H2,(H,18,19,20,21). The minimum Gasteiger partial charge on any atom is -0.347 e. The van der Waals surface area contributed by atoms with E-state index in [1.54, 1.807) is 6.07 Å². The predicted octanol–water partition coefficient (Wildman–Crippen LogP) is 3.52. The monoisotopic (exact) mass is 323 g/mol. The second kappa shape index (κ2) is 4.74. The van der Waals surface area contributed by atoms with Crippen molar-refractivity contribution in [3.63, 3.8) is 0 Å². The van der Waals surface area contributed by atoms with Crippen LogP contribution in [-0.4, -0.2) is 31.1 Å². The third-order valence-electron chi connectivity index (χ3n) is 4.04. The zero-order valence-corrected chi connectivity index (χ0v) is 12.2. The first-order valence-electron chi connectivity index (χ1n) is 6.92. The Morgan fingerprint density at radius 1 is 1.36 bits per heavy atom. The fraction of sp³-hybridized carbons (Fsp3) is 0.357. The van der Waals surface area contributed by atoms with Crippen LogP contribution < -0.4 is 0 Å². The normalized spacial score (nSPS) is 17.8. The Balaban J connectivity index is 1.77. The van der Waals surface area contributed by atoms with Gasteiger partial charge in [0.1, 0.15) is 0 Å². The summed E-state index contributed by atoms with van der Waals surface area (Å²) in [7, 11) is 0. The van der Waals surface area contributed by atoms with Crippen LogP contribution in [0.4, 0.5) is 8.78 Å². The van der Waals surface area contributed by atoms with Crippen LogP contribution in [0.25, 0.3) is 22.3 Å². The molecule has 0 radical (unpaired) electrons. The molecule has 1 aromatic carbocycles. The summed E-state index contributed by atoms with van der Waals surface area (Å²) in [6, 6.07) is 5.52. The molecule has 0 amide bonds. The molecule has 0 saturated heterocycles. The molecule has 3 aromatic rings. The first-order chi connectivity index (χ1) is 10.5. The SMILES string of the molecule is FC1(F)CC(Cn2ccc3cc(Cl)cc(-c4nn[nH]n4)c32)C1. The molecule has 0 atom stereocenters. The van der Waals surface area contributed by atoms with Crippen molar-refractivity contribution < 1.29 is 8.78 Å². The van der Waals surface area contributed by atoms with Gasteiger partial charge in [-0.15, -0.1) is 10.2 Å². The van der Waals surface area contributed by atoms with Gasteiger partial charge in [0.05, 0.1) is 5.52 Å². The highest BCUT2D eigenvalue weighted by atomic mass is 35.5. The summed E-state index contributed by atoms with van der Waals surface area (Å²) in [5, 5.41) is 15.5. The van der Waals surface area contributed by atoms with Gasteiger partial charge in [0.2, 0.25) is 11.7 Å². The molecule has 1 aliphatic rings. The maximum absolute atomic E-state index is 13.0. The summed E-state index contributed by atoms with van der Waals surface area (Å²) in [5.74, 6) is -2.08. The van der Waals surface area contributed by atoms with Crippen molar-refractivity contribution in [1.29, 1.82) is 0 Å². The lowest BCUT2D eigenvalue weighted by atomic mass is 9.81. The number of rotatable bonds is 3. The summed E-state index contributed by atoms with van der Waals surface area (Å²) < 4.78 is 28.0. The number of hydrogen-bond donors (Lipinski definition) is 1. The zero-order chi connectivity index (χ0) is 15.3. The van der Waals surface area contributed by atoms with Gasteiger partial charge in [-0.3, -0.25) is 0 Å². The Morgan fingerprint density at radius 3 is 2.86 bits per heavy atom. The van der Waals surface area contributed by atoms with Gasteiger partial charge in [0.25, 0.3) is 0 Å². The number of aromatic amines is 1. The Bertz CT molecular complexity index is 819. The van der Waals surface area contributed by atoms with E-state index in [4.69, 9.17) is 11.6 Å². The molecule has 0 bridgehead atoms. The highest BCUT2D eigenvalue weighted by Gasteiger charge is 2.45. The second-order valence-electron chi connectivity index (χ2n) is 5.72. The van der Waals surface area contributed by atoms with Gasteiger partial charge in [-0.25, -0.2) is 8.78 Å². The van der Waals surface area contributed by atoms with Crippen molar-refractivity contribution in [2.24, 2.45) is 5.92 Å². The fourth-order valence-electron chi connectivity index (χ4n) is 3.10. The number of nitrogens with zero attached hydrogens (tertiary/aromatic N) is 4. The third-order valence-corrected chi connectivity index (χ3v) is 4.26. The van der Waals surface area contributed by atoms with Crippen LogP contribution in [0.3, 0.4) is 0 Å². The van der Waals surface area contributed by atoms with Crippen LogP contribution >= 0.6 is 11.6 Å². The lowest BCUT2D eigenvalue weighted by molar-refractivity contribution is -0.113. The molecule has 2 heterocycles. The molecule has 1 saturated carbocycles. The summed E-state index contributed by atoms with van der Waals surface area (Å²) in [6.45, 7) is 0.547. The Labute approximate surface area is 129 Å². The number of H-pyrrole nitrogens is 1. The molecule has 2 aromatic heterocycles. The van der Waals surface area contributed by atoms with Crippen LogP contribution in [-0.2, 0) is 6.54 Å². The predicted molar refractivity (Wildman–Crippen MR) is 77.8 cm³/mol. The molecule has 0 spiro atoms. The molecule has 4 rings (SSSR count). The molecular weight excluding hydrogens is 312 g/mol. The van der Waals surface area contributed by atoms with Crippen LogP contribution in [0.5, 0.6) is 0 Å². The minimum atomic E-state index is -2.51. The summed E-state index contributed by atoms with van der Waals surface area (Å²) in [5.41, 5.74) is 1.63. The molecule has 8 heteroatoms. The van der Waals surface area contributed by atoms with Crippen molar-refractivity contribution in [3.8, 4) is 11.4 Å². The lowest BCUT2D eigenvalue weighted by Crippen LogP contribution is -2.37. The quantitative estimate of drug-likeness (QED) is 0.802. The van der Waals surface area contributed by atoms with Gasteiger partial charge in [-0.05, 0) is 29.3 Å². The Kier molecular flexibility index (Phi) is 2.94. The van der Waals surface area contributed by atoms with E-state index in [0.29, 0.717) is 17.4 Å². The van der Waals surface area contributed by atoms with E-state index in [2.05, 4.69) is 20.6 Å². The first-order valence-corrected chi connectivity index (χ1v) is 7.30. The number of halogens is 3. The van der Waals surface area contributed by atoms with Crippen LogP contribution in [0, 0.1) is 5.92 Å². The number of aromatic nitrogens is 5. The Morgan fingerprint density at radius 2 is 2.18 bits per heavy atom. The van der Waals surface area contributed by atoms with E-state index in [1.807, 2.05) is 22.9 Å². The Hall–Kier alpha value is -2.02. The molecule has 1 fully saturated rings. The van der Waals surface area contributed by atoms with Crippen molar-refractivity contribution in [2.75, 3.05) is 0 Å². The second-order valence-corrected chi connectivity index (χ2v) is 6.16. The van der Waals surface area contributed by atoms with E-state index in [0.717, 1.165) is 16.5 Å². The smallest absolute Gasteiger partial charge is 0.248 e. The molecule has 0 aliphatic heterocycles. The average molecular weight is 324 g/mol. The lowest BCUT2D eigenvalue weighted by Gasteiger charge is -2.35. The van der Waals surface area contributed by atoms with Crippen molar-refractivity contribution in [3.05, 3.63) is 29.4 Å². The molecule has 5 nitrogen and oxygen atoms in total. The van der Waals surface area contributed by atoms with Gasteiger partial charge < -0.3 is 4.57 Å². The largest absolute Gasteiger partial charge is 0.347 e. The average Bonchev–Trinajstić information content (AvgIpc) is 3.05. The fourth-order valence-corrected chi connectivity index (χ4v) is 3.33. The third kappa shape index (κ3) is 2.25. The number of benzene rings is 1. The molecule has 0 unspecified atom stereocenters.